The fourth-order valence-electron chi connectivity index (χ4n) is 3.56. The number of aromatic carboxylic acids is 1. The zero-order chi connectivity index (χ0) is 24.8. The van der Waals surface area contributed by atoms with Gasteiger partial charge >= 0.3 is 5.97 Å². The van der Waals surface area contributed by atoms with Crippen molar-refractivity contribution in [3.63, 3.8) is 0 Å². The van der Waals surface area contributed by atoms with Crippen molar-refractivity contribution in [3.8, 4) is 11.1 Å². The minimum Gasteiger partial charge on any atom is -0.478 e. The van der Waals surface area contributed by atoms with Crippen LogP contribution in [0.25, 0.3) is 17.2 Å². The van der Waals surface area contributed by atoms with E-state index in [-0.39, 0.29) is 23.8 Å². The molecule has 0 aliphatic carbocycles. The number of thiocarbonyl (C=S) groups is 1. The first-order valence-electron chi connectivity index (χ1n) is 10.9. The first kappa shape index (κ1) is 24.4. The Morgan fingerprint density at radius 1 is 0.943 bits per heavy atom. The average molecular weight is 503 g/mol. The number of benzene rings is 3. The summed E-state index contributed by atoms with van der Waals surface area (Å²) in [6, 6.07) is 24.0. The third-order valence-electron chi connectivity index (χ3n) is 5.39. The van der Waals surface area contributed by atoms with E-state index in [0.717, 1.165) is 16.7 Å². The number of carboxylic acid groups (broad SMARTS) is 1. The SMILES string of the molecule is O=C(CCCN1C(=O)/C(=C/c2ccc(-c3ccccc3)cc2)SC1=S)Nc1ccc(C(=O)O)cc1. The number of nitrogens with zero attached hydrogens (tertiary/aromatic N) is 1. The van der Waals surface area contributed by atoms with Crippen LogP contribution in [0.1, 0.15) is 28.8 Å². The summed E-state index contributed by atoms with van der Waals surface area (Å²) in [4.78, 5) is 38.1. The van der Waals surface area contributed by atoms with E-state index < -0.39 is 5.97 Å². The molecule has 0 saturated carbocycles. The van der Waals surface area contributed by atoms with Crippen LogP contribution in [-0.2, 0) is 9.59 Å². The second kappa shape index (κ2) is 11.1. The van der Waals surface area contributed by atoms with Crippen LogP contribution in [0, 0.1) is 0 Å². The Labute approximate surface area is 212 Å². The summed E-state index contributed by atoms with van der Waals surface area (Å²) in [6.45, 7) is 0.348. The zero-order valence-corrected chi connectivity index (χ0v) is 20.3. The molecule has 35 heavy (non-hydrogen) atoms. The van der Waals surface area contributed by atoms with Crippen molar-refractivity contribution in [2.24, 2.45) is 0 Å². The largest absolute Gasteiger partial charge is 0.478 e. The molecule has 0 bridgehead atoms. The van der Waals surface area contributed by atoms with Crippen LogP contribution in [0.2, 0.25) is 0 Å². The highest BCUT2D eigenvalue weighted by Gasteiger charge is 2.31. The molecule has 1 aliphatic heterocycles. The van der Waals surface area contributed by atoms with Gasteiger partial charge in [-0.1, -0.05) is 78.6 Å². The van der Waals surface area contributed by atoms with Crippen LogP contribution >= 0.6 is 24.0 Å². The van der Waals surface area contributed by atoms with Gasteiger partial charge in [-0.05, 0) is 53.5 Å². The van der Waals surface area contributed by atoms with Crippen molar-refractivity contribution in [2.75, 3.05) is 11.9 Å². The predicted octanol–water partition coefficient (Wildman–Crippen LogP) is 5.67. The van der Waals surface area contributed by atoms with Crippen molar-refractivity contribution in [1.82, 2.24) is 4.90 Å². The van der Waals surface area contributed by atoms with E-state index >= 15 is 0 Å². The second-order valence-corrected chi connectivity index (χ2v) is 9.53. The Bertz CT molecular complexity index is 1290. The molecular weight excluding hydrogens is 480 g/mol. The second-order valence-electron chi connectivity index (χ2n) is 7.86. The fraction of sp³-hybridized carbons (Fsp3) is 0.111. The molecule has 2 N–H and O–H groups in total. The van der Waals surface area contributed by atoms with E-state index in [4.69, 9.17) is 17.3 Å². The minimum absolute atomic E-state index is 0.151. The highest BCUT2D eigenvalue weighted by atomic mass is 32.2. The Kier molecular flexibility index (Phi) is 7.74. The molecule has 1 saturated heterocycles. The lowest BCUT2D eigenvalue weighted by atomic mass is 10.0. The van der Waals surface area contributed by atoms with Gasteiger partial charge in [0.15, 0.2) is 0 Å². The number of rotatable bonds is 8. The Morgan fingerprint density at radius 2 is 1.60 bits per heavy atom. The number of carboxylic acids is 1. The molecule has 0 radical (unpaired) electrons. The number of anilines is 1. The normalized spacial score (nSPS) is 14.4. The van der Waals surface area contributed by atoms with Gasteiger partial charge < -0.3 is 10.4 Å². The van der Waals surface area contributed by atoms with E-state index in [2.05, 4.69) is 17.4 Å². The summed E-state index contributed by atoms with van der Waals surface area (Å²) < 4.78 is 0.479. The molecule has 3 aromatic rings. The number of carbonyl (C=O) groups is 3. The van der Waals surface area contributed by atoms with Gasteiger partial charge in [-0.3, -0.25) is 14.5 Å². The molecule has 0 atom stereocenters. The highest BCUT2D eigenvalue weighted by Crippen LogP contribution is 2.33. The molecule has 6 nitrogen and oxygen atoms in total. The standard InChI is InChI=1S/C27H22N2O4S2/c30-24(28-22-14-12-21(13-15-22)26(32)33)7-4-16-29-25(31)23(35-27(29)34)17-18-8-10-20(11-9-18)19-5-2-1-3-6-19/h1-3,5-6,8-15,17H,4,7,16H2,(H,28,30)(H,32,33)/b23-17-. The van der Waals surface area contributed by atoms with E-state index in [1.54, 1.807) is 12.1 Å². The minimum atomic E-state index is -1.02. The van der Waals surface area contributed by atoms with E-state index in [9.17, 15) is 14.4 Å². The van der Waals surface area contributed by atoms with E-state index in [1.165, 1.54) is 28.8 Å². The van der Waals surface area contributed by atoms with Gasteiger partial charge in [0.1, 0.15) is 4.32 Å². The summed E-state index contributed by atoms with van der Waals surface area (Å²) in [5.74, 6) is -1.39. The highest BCUT2D eigenvalue weighted by molar-refractivity contribution is 8.26. The quantitative estimate of drug-likeness (QED) is 0.305. The Hall–Kier alpha value is -3.75. The van der Waals surface area contributed by atoms with Gasteiger partial charge in [0, 0.05) is 18.7 Å². The number of hydrogen-bond donors (Lipinski definition) is 2. The maximum atomic E-state index is 12.9. The number of carbonyl (C=O) groups excluding carboxylic acids is 2. The van der Waals surface area contributed by atoms with Crippen molar-refractivity contribution in [1.29, 1.82) is 0 Å². The smallest absolute Gasteiger partial charge is 0.335 e. The van der Waals surface area contributed by atoms with E-state index in [0.29, 0.717) is 27.9 Å². The first-order valence-corrected chi connectivity index (χ1v) is 12.2. The predicted molar refractivity (Wildman–Crippen MR) is 143 cm³/mol. The van der Waals surface area contributed by atoms with Gasteiger partial charge in [-0.25, -0.2) is 4.79 Å². The molecular formula is C27H22N2O4S2. The van der Waals surface area contributed by atoms with E-state index in [1.807, 2.05) is 48.5 Å². The fourth-order valence-corrected chi connectivity index (χ4v) is 4.87. The maximum absolute atomic E-state index is 12.9. The average Bonchev–Trinajstić information content (AvgIpc) is 3.12. The zero-order valence-electron chi connectivity index (χ0n) is 18.6. The molecule has 1 aliphatic rings. The lowest BCUT2D eigenvalue weighted by Gasteiger charge is -2.14. The number of nitrogens with one attached hydrogen (secondary N) is 1. The van der Waals surface area contributed by atoms with Crippen molar-refractivity contribution >= 4 is 57.8 Å². The maximum Gasteiger partial charge on any atom is 0.335 e. The van der Waals surface area contributed by atoms with Crippen LogP contribution in [0.4, 0.5) is 5.69 Å². The molecule has 4 rings (SSSR count). The van der Waals surface area contributed by atoms with Gasteiger partial charge in [0.2, 0.25) is 5.91 Å². The summed E-state index contributed by atoms with van der Waals surface area (Å²) in [5, 5.41) is 11.7. The van der Waals surface area contributed by atoms with Crippen LogP contribution < -0.4 is 5.32 Å². The van der Waals surface area contributed by atoms with Gasteiger partial charge in [0.25, 0.3) is 5.91 Å². The topological polar surface area (TPSA) is 86.7 Å². The number of amides is 2. The molecule has 2 amide bonds. The van der Waals surface area contributed by atoms with Crippen molar-refractivity contribution in [3.05, 3.63) is 94.9 Å². The molecule has 1 heterocycles. The lowest BCUT2D eigenvalue weighted by Crippen LogP contribution is -2.29. The molecule has 3 aromatic carbocycles. The lowest BCUT2D eigenvalue weighted by molar-refractivity contribution is -0.122. The van der Waals surface area contributed by atoms with Gasteiger partial charge in [-0.15, -0.1) is 0 Å². The Morgan fingerprint density at radius 3 is 2.26 bits per heavy atom. The summed E-state index contributed by atoms with van der Waals surface area (Å²) in [7, 11) is 0. The molecule has 1 fully saturated rings. The molecule has 8 heteroatoms. The van der Waals surface area contributed by atoms with Crippen LogP contribution in [0.3, 0.4) is 0 Å². The number of hydrogen-bond acceptors (Lipinski definition) is 5. The monoisotopic (exact) mass is 502 g/mol. The molecule has 0 aromatic heterocycles. The summed E-state index contributed by atoms with van der Waals surface area (Å²) >= 11 is 6.65. The van der Waals surface area contributed by atoms with Gasteiger partial charge in [-0.2, -0.15) is 0 Å². The van der Waals surface area contributed by atoms with Crippen molar-refractivity contribution < 1.29 is 19.5 Å². The molecule has 176 valence electrons. The molecule has 0 unspecified atom stereocenters. The van der Waals surface area contributed by atoms with Crippen LogP contribution in [0.5, 0.6) is 0 Å². The first-order chi connectivity index (χ1) is 16.9. The number of thioether (sulfide) groups is 1. The van der Waals surface area contributed by atoms with Crippen molar-refractivity contribution in [2.45, 2.75) is 12.8 Å². The van der Waals surface area contributed by atoms with Crippen LogP contribution in [0.15, 0.2) is 83.8 Å². The third-order valence-corrected chi connectivity index (χ3v) is 6.77. The van der Waals surface area contributed by atoms with Crippen LogP contribution in [-0.4, -0.2) is 38.7 Å². The third kappa shape index (κ3) is 6.23. The summed E-state index contributed by atoms with van der Waals surface area (Å²) in [6.07, 6.45) is 2.49. The Balaban J connectivity index is 1.30. The van der Waals surface area contributed by atoms with Gasteiger partial charge in [0.05, 0.1) is 10.5 Å². The molecule has 0 spiro atoms. The summed E-state index contributed by atoms with van der Waals surface area (Å²) in [5.41, 5.74) is 3.82.